The Balaban J connectivity index is 1.73. The highest BCUT2D eigenvalue weighted by atomic mass is 19.1. The van der Waals surface area contributed by atoms with Crippen LogP contribution >= 0.6 is 0 Å². The number of carbonyl (C=O) groups excluding carboxylic acids is 1. The number of ketones is 1. The summed E-state index contributed by atoms with van der Waals surface area (Å²) in [6.45, 7) is 0. The van der Waals surface area contributed by atoms with Gasteiger partial charge >= 0.3 is 0 Å². The molecule has 0 N–H and O–H groups in total. The lowest BCUT2D eigenvalue weighted by molar-refractivity contribution is -0.120. The van der Waals surface area contributed by atoms with Crippen molar-refractivity contribution in [1.82, 2.24) is 0 Å². The van der Waals surface area contributed by atoms with E-state index in [1.54, 1.807) is 0 Å². The fourth-order valence-corrected chi connectivity index (χ4v) is 3.29. The van der Waals surface area contributed by atoms with Gasteiger partial charge in [0.1, 0.15) is 17.4 Å². The van der Waals surface area contributed by atoms with Gasteiger partial charge in [-0.05, 0) is 36.8 Å². The summed E-state index contributed by atoms with van der Waals surface area (Å²) in [5.74, 6) is -0.0885. The SMILES string of the molecule is O=C(Cc1c(F)cccc1F)C1C2CCCC21. The quantitative estimate of drug-likeness (QED) is 0.788. The van der Waals surface area contributed by atoms with Gasteiger partial charge in [-0.25, -0.2) is 8.78 Å². The first-order chi connectivity index (χ1) is 8.18. The van der Waals surface area contributed by atoms with Crippen LogP contribution in [0.4, 0.5) is 8.78 Å². The standard InChI is InChI=1S/C14H14F2O/c15-11-5-2-6-12(16)10(11)7-13(17)14-8-3-1-4-9(8)14/h2,5-6,8-9,14H,1,3-4,7H2. The van der Waals surface area contributed by atoms with E-state index in [0.29, 0.717) is 11.8 Å². The average molecular weight is 236 g/mol. The summed E-state index contributed by atoms with van der Waals surface area (Å²) in [5, 5.41) is 0. The lowest BCUT2D eigenvalue weighted by atomic mass is 10.0. The van der Waals surface area contributed by atoms with E-state index in [1.165, 1.54) is 24.6 Å². The van der Waals surface area contributed by atoms with E-state index in [-0.39, 0.29) is 23.7 Å². The van der Waals surface area contributed by atoms with Crippen molar-refractivity contribution in [3.8, 4) is 0 Å². The predicted octanol–water partition coefficient (Wildman–Crippen LogP) is 3.12. The molecule has 0 amide bonds. The van der Waals surface area contributed by atoms with E-state index in [1.807, 2.05) is 0 Å². The Bertz CT molecular complexity index is 439. The topological polar surface area (TPSA) is 17.1 Å². The van der Waals surface area contributed by atoms with E-state index in [4.69, 9.17) is 0 Å². The van der Waals surface area contributed by atoms with Crippen LogP contribution in [0.25, 0.3) is 0 Å². The van der Waals surface area contributed by atoms with Crippen molar-refractivity contribution in [3.05, 3.63) is 35.4 Å². The van der Waals surface area contributed by atoms with Gasteiger partial charge in [0.15, 0.2) is 0 Å². The number of fused-ring (bicyclic) bond motifs is 1. The van der Waals surface area contributed by atoms with Crippen LogP contribution < -0.4 is 0 Å². The predicted molar refractivity (Wildman–Crippen MR) is 59.4 cm³/mol. The number of hydrogen-bond donors (Lipinski definition) is 0. The molecule has 2 aliphatic rings. The summed E-state index contributed by atoms with van der Waals surface area (Å²) < 4.78 is 26.8. The molecule has 0 spiro atoms. The van der Waals surface area contributed by atoms with Crippen molar-refractivity contribution >= 4 is 5.78 Å². The van der Waals surface area contributed by atoms with Gasteiger partial charge in [0, 0.05) is 17.9 Å². The summed E-state index contributed by atoms with van der Waals surface area (Å²) in [7, 11) is 0. The Morgan fingerprint density at radius 1 is 1.18 bits per heavy atom. The molecule has 3 rings (SSSR count). The van der Waals surface area contributed by atoms with E-state index < -0.39 is 11.6 Å². The number of benzene rings is 1. The Labute approximate surface area is 98.8 Å². The largest absolute Gasteiger partial charge is 0.299 e. The van der Waals surface area contributed by atoms with Crippen LogP contribution in [-0.2, 0) is 11.2 Å². The van der Waals surface area contributed by atoms with Gasteiger partial charge in [-0.3, -0.25) is 4.79 Å². The van der Waals surface area contributed by atoms with Crippen LogP contribution in [0.15, 0.2) is 18.2 Å². The molecule has 0 aromatic heterocycles. The van der Waals surface area contributed by atoms with E-state index in [9.17, 15) is 13.6 Å². The van der Waals surface area contributed by atoms with Crippen molar-refractivity contribution in [2.45, 2.75) is 25.7 Å². The molecule has 0 heterocycles. The maximum Gasteiger partial charge on any atom is 0.141 e. The molecule has 2 unspecified atom stereocenters. The smallest absolute Gasteiger partial charge is 0.141 e. The van der Waals surface area contributed by atoms with E-state index >= 15 is 0 Å². The van der Waals surface area contributed by atoms with Crippen molar-refractivity contribution in [3.63, 3.8) is 0 Å². The second kappa shape index (κ2) is 3.90. The number of hydrogen-bond acceptors (Lipinski definition) is 1. The molecule has 90 valence electrons. The fraction of sp³-hybridized carbons (Fsp3) is 0.500. The van der Waals surface area contributed by atoms with E-state index in [2.05, 4.69) is 0 Å². The van der Waals surface area contributed by atoms with Crippen molar-refractivity contribution < 1.29 is 13.6 Å². The second-order valence-electron chi connectivity index (χ2n) is 5.13. The third-order valence-corrected chi connectivity index (χ3v) is 4.19. The van der Waals surface area contributed by atoms with Crippen molar-refractivity contribution in [2.24, 2.45) is 17.8 Å². The maximum atomic E-state index is 13.4. The van der Waals surface area contributed by atoms with Crippen LogP contribution in [0.5, 0.6) is 0 Å². The molecule has 0 bridgehead atoms. The lowest BCUT2D eigenvalue weighted by Gasteiger charge is -2.05. The van der Waals surface area contributed by atoms with Gasteiger partial charge in [0.2, 0.25) is 0 Å². The van der Waals surface area contributed by atoms with Crippen LogP contribution in [0.2, 0.25) is 0 Å². The lowest BCUT2D eigenvalue weighted by Crippen LogP contribution is -2.11. The normalized spacial score (nSPS) is 30.1. The summed E-state index contributed by atoms with van der Waals surface area (Å²) in [6.07, 6.45) is 3.34. The number of Topliss-reactive ketones (excluding diaryl/α,β-unsaturated/α-hetero) is 1. The molecule has 0 saturated heterocycles. The van der Waals surface area contributed by atoms with Crippen LogP contribution in [-0.4, -0.2) is 5.78 Å². The summed E-state index contributed by atoms with van der Waals surface area (Å²) in [6, 6.07) is 3.74. The molecule has 2 saturated carbocycles. The van der Waals surface area contributed by atoms with Gasteiger partial charge in [-0.1, -0.05) is 12.5 Å². The molecule has 0 aliphatic heterocycles. The molecule has 2 aliphatic carbocycles. The van der Waals surface area contributed by atoms with E-state index in [0.717, 1.165) is 12.8 Å². The van der Waals surface area contributed by atoms with Gasteiger partial charge in [0.25, 0.3) is 0 Å². The molecule has 1 aromatic carbocycles. The Morgan fingerprint density at radius 2 is 1.76 bits per heavy atom. The number of halogens is 2. The fourth-order valence-electron chi connectivity index (χ4n) is 3.29. The maximum absolute atomic E-state index is 13.4. The summed E-state index contributed by atoms with van der Waals surface area (Å²) in [4.78, 5) is 12.0. The molecule has 2 atom stereocenters. The monoisotopic (exact) mass is 236 g/mol. The average Bonchev–Trinajstić information content (AvgIpc) is 2.78. The third-order valence-electron chi connectivity index (χ3n) is 4.19. The summed E-state index contributed by atoms with van der Waals surface area (Å²) in [5.41, 5.74) is -0.0672. The zero-order chi connectivity index (χ0) is 12.0. The molecule has 0 radical (unpaired) electrons. The zero-order valence-electron chi connectivity index (χ0n) is 9.46. The van der Waals surface area contributed by atoms with Crippen molar-refractivity contribution in [2.75, 3.05) is 0 Å². The Kier molecular flexibility index (Phi) is 2.49. The molecule has 1 aromatic rings. The number of rotatable bonds is 3. The molecule has 1 nitrogen and oxygen atoms in total. The zero-order valence-corrected chi connectivity index (χ0v) is 9.46. The molecular formula is C14H14F2O. The molecule has 3 heteroatoms. The van der Waals surface area contributed by atoms with Crippen molar-refractivity contribution in [1.29, 1.82) is 0 Å². The molecule has 2 fully saturated rings. The minimum atomic E-state index is -0.607. The van der Waals surface area contributed by atoms with Gasteiger partial charge in [0.05, 0.1) is 0 Å². The van der Waals surface area contributed by atoms with Gasteiger partial charge < -0.3 is 0 Å². The molecular weight excluding hydrogens is 222 g/mol. The van der Waals surface area contributed by atoms with Crippen LogP contribution in [0.3, 0.4) is 0 Å². The third kappa shape index (κ3) is 1.78. The van der Waals surface area contributed by atoms with Gasteiger partial charge in [-0.15, -0.1) is 0 Å². The first-order valence-corrected chi connectivity index (χ1v) is 6.14. The Morgan fingerprint density at radius 3 is 2.35 bits per heavy atom. The Hall–Kier alpha value is -1.25. The highest BCUT2D eigenvalue weighted by molar-refractivity contribution is 5.86. The van der Waals surface area contributed by atoms with Gasteiger partial charge in [-0.2, -0.15) is 0 Å². The summed E-state index contributed by atoms with van der Waals surface area (Å²) >= 11 is 0. The first kappa shape index (κ1) is 10.9. The highest BCUT2D eigenvalue weighted by Gasteiger charge is 2.55. The first-order valence-electron chi connectivity index (χ1n) is 6.14. The highest BCUT2D eigenvalue weighted by Crippen LogP contribution is 2.58. The van der Waals surface area contributed by atoms with Crippen LogP contribution in [0, 0.1) is 29.4 Å². The molecule has 17 heavy (non-hydrogen) atoms. The second-order valence-corrected chi connectivity index (χ2v) is 5.13. The minimum absolute atomic E-state index is 0.0173. The number of carbonyl (C=O) groups is 1. The van der Waals surface area contributed by atoms with Crippen LogP contribution in [0.1, 0.15) is 24.8 Å². The minimum Gasteiger partial charge on any atom is -0.299 e.